The first-order valence-electron chi connectivity index (χ1n) is 5.77. The molecule has 6 heteroatoms. The van der Waals surface area contributed by atoms with E-state index in [4.69, 9.17) is 10.8 Å². The molecule has 1 aromatic heterocycles. The SMILES string of the molecule is CCC[C@@H](NC(=O)c1ccnc(CN)c1)C(=O)O. The Morgan fingerprint density at radius 1 is 1.56 bits per heavy atom. The normalized spacial score (nSPS) is 11.9. The maximum absolute atomic E-state index is 11.9. The average Bonchev–Trinajstić information content (AvgIpc) is 2.38. The molecule has 1 amide bonds. The van der Waals surface area contributed by atoms with Crippen molar-refractivity contribution in [2.24, 2.45) is 5.73 Å². The van der Waals surface area contributed by atoms with Crippen LogP contribution in [0.5, 0.6) is 0 Å². The van der Waals surface area contributed by atoms with Crippen LogP contribution in [-0.2, 0) is 11.3 Å². The number of carboxylic acid groups (broad SMARTS) is 1. The summed E-state index contributed by atoms with van der Waals surface area (Å²) < 4.78 is 0. The van der Waals surface area contributed by atoms with E-state index >= 15 is 0 Å². The van der Waals surface area contributed by atoms with Crippen LogP contribution in [0.4, 0.5) is 0 Å². The Morgan fingerprint density at radius 3 is 2.83 bits per heavy atom. The fourth-order valence-corrected chi connectivity index (χ4v) is 1.52. The van der Waals surface area contributed by atoms with Crippen molar-refractivity contribution < 1.29 is 14.7 Å². The van der Waals surface area contributed by atoms with Gasteiger partial charge < -0.3 is 16.2 Å². The van der Waals surface area contributed by atoms with Gasteiger partial charge in [-0.15, -0.1) is 0 Å². The molecule has 6 nitrogen and oxygen atoms in total. The fourth-order valence-electron chi connectivity index (χ4n) is 1.52. The van der Waals surface area contributed by atoms with Gasteiger partial charge >= 0.3 is 5.97 Å². The van der Waals surface area contributed by atoms with Crippen molar-refractivity contribution in [2.75, 3.05) is 0 Å². The van der Waals surface area contributed by atoms with E-state index < -0.39 is 17.9 Å². The molecule has 0 aromatic carbocycles. The molecule has 0 aliphatic carbocycles. The van der Waals surface area contributed by atoms with Crippen LogP contribution < -0.4 is 11.1 Å². The second-order valence-electron chi connectivity index (χ2n) is 3.89. The smallest absolute Gasteiger partial charge is 0.326 e. The highest BCUT2D eigenvalue weighted by Gasteiger charge is 2.19. The van der Waals surface area contributed by atoms with Crippen LogP contribution in [0.2, 0.25) is 0 Å². The molecular weight excluding hydrogens is 234 g/mol. The van der Waals surface area contributed by atoms with Crippen LogP contribution in [0.1, 0.15) is 35.8 Å². The van der Waals surface area contributed by atoms with Crippen LogP contribution in [0, 0.1) is 0 Å². The van der Waals surface area contributed by atoms with Crippen LogP contribution in [0.15, 0.2) is 18.3 Å². The van der Waals surface area contributed by atoms with Crippen molar-refractivity contribution in [1.29, 1.82) is 0 Å². The van der Waals surface area contributed by atoms with Crippen LogP contribution in [0.3, 0.4) is 0 Å². The minimum atomic E-state index is -1.03. The minimum absolute atomic E-state index is 0.235. The number of nitrogens with one attached hydrogen (secondary N) is 1. The van der Waals surface area contributed by atoms with E-state index in [-0.39, 0.29) is 6.54 Å². The number of rotatable bonds is 6. The van der Waals surface area contributed by atoms with Gasteiger partial charge in [0.05, 0.1) is 5.69 Å². The first-order chi connectivity index (χ1) is 8.58. The zero-order chi connectivity index (χ0) is 13.5. The van der Waals surface area contributed by atoms with E-state index in [9.17, 15) is 9.59 Å². The predicted molar refractivity (Wildman–Crippen MR) is 65.9 cm³/mol. The van der Waals surface area contributed by atoms with Crippen molar-refractivity contribution in [1.82, 2.24) is 10.3 Å². The highest BCUT2D eigenvalue weighted by Crippen LogP contribution is 2.04. The second-order valence-corrected chi connectivity index (χ2v) is 3.89. The number of carboxylic acids is 1. The summed E-state index contributed by atoms with van der Waals surface area (Å²) in [5.74, 6) is -1.45. The Morgan fingerprint density at radius 2 is 2.28 bits per heavy atom. The molecule has 0 spiro atoms. The van der Waals surface area contributed by atoms with Gasteiger partial charge in [-0.3, -0.25) is 9.78 Å². The standard InChI is InChI=1S/C12H17N3O3/c1-2-3-10(12(17)18)15-11(16)8-4-5-14-9(6-8)7-13/h4-6,10H,2-3,7,13H2,1H3,(H,15,16)(H,17,18)/t10-/m1/s1. The zero-order valence-corrected chi connectivity index (χ0v) is 10.2. The van der Waals surface area contributed by atoms with E-state index in [0.717, 1.165) is 0 Å². The molecule has 1 heterocycles. The molecule has 0 fully saturated rings. The van der Waals surface area contributed by atoms with E-state index in [0.29, 0.717) is 24.1 Å². The number of hydrogen-bond acceptors (Lipinski definition) is 4. The van der Waals surface area contributed by atoms with E-state index in [1.807, 2.05) is 6.92 Å². The third kappa shape index (κ3) is 3.81. The molecule has 4 N–H and O–H groups in total. The zero-order valence-electron chi connectivity index (χ0n) is 10.2. The molecule has 18 heavy (non-hydrogen) atoms. The van der Waals surface area contributed by atoms with Crippen molar-refractivity contribution in [2.45, 2.75) is 32.4 Å². The van der Waals surface area contributed by atoms with Gasteiger partial charge in [-0.1, -0.05) is 13.3 Å². The maximum atomic E-state index is 11.9. The lowest BCUT2D eigenvalue weighted by atomic mass is 10.1. The molecule has 0 aliphatic rings. The average molecular weight is 251 g/mol. The lowest BCUT2D eigenvalue weighted by molar-refractivity contribution is -0.139. The number of aromatic nitrogens is 1. The number of carbonyl (C=O) groups excluding carboxylic acids is 1. The maximum Gasteiger partial charge on any atom is 0.326 e. The largest absolute Gasteiger partial charge is 0.480 e. The third-order valence-electron chi connectivity index (χ3n) is 2.47. The predicted octanol–water partition coefficient (Wildman–Crippen LogP) is 0.523. The number of amides is 1. The second kappa shape index (κ2) is 6.70. The van der Waals surface area contributed by atoms with Gasteiger partial charge in [0.1, 0.15) is 6.04 Å². The lowest BCUT2D eigenvalue weighted by Crippen LogP contribution is -2.40. The summed E-state index contributed by atoms with van der Waals surface area (Å²) in [6.07, 6.45) is 2.56. The summed E-state index contributed by atoms with van der Waals surface area (Å²) in [7, 11) is 0. The highest BCUT2D eigenvalue weighted by molar-refractivity contribution is 5.96. The number of hydrogen-bond donors (Lipinski definition) is 3. The van der Waals surface area contributed by atoms with Crippen molar-refractivity contribution in [3.63, 3.8) is 0 Å². The van der Waals surface area contributed by atoms with Crippen LogP contribution >= 0.6 is 0 Å². The fraction of sp³-hybridized carbons (Fsp3) is 0.417. The Balaban J connectivity index is 2.76. The molecule has 0 saturated carbocycles. The summed E-state index contributed by atoms with van der Waals surface area (Å²) in [4.78, 5) is 26.8. The highest BCUT2D eigenvalue weighted by atomic mass is 16.4. The molecule has 0 aliphatic heterocycles. The number of carbonyl (C=O) groups is 2. The Hall–Kier alpha value is -1.95. The molecule has 0 saturated heterocycles. The summed E-state index contributed by atoms with van der Waals surface area (Å²) >= 11 is 0. The van der Waals surface area contributed by atoms with Gasteiger partial charge in [0.2, 0.25) is 0 Å². The quantitative estimate of drug-likeness (QED) is 0.683. The summed E-state index contributed by atoms with van der Waals surface area (Å²) in [6.45, 7) is 2.10. The monoisotopic (exact) mass is 251 g/mol. The third-order valence-corrected chi connectivity index (χ3v) is 2.47. The summed E-state index contributed by atoms with van der Waals surface area (Å²) in [5.41, 5.74) is 6.38. The van der Waals surface area contributed by atoms with Gasteiger partial charge in [0.15, 0.2) is 0 Å². The lowest BCUT2D eigenvalue weighted by Gasteiger charge is -2.13. The molecule has 1 aromatic rings. The van der Waals surface area contributed by atoms with Crippen LogP contribution in [-0.4, -0.2) is 28.0 Å². The van der Waals surface area contributed by atoms with Crippen molar-refractivity contribution in [3.8, 4) is 0 Å². The summed E-state index contributed by atoms with van der Waals surface area (Å²) in [5, 5.41) is 11.4. The van der Waals surface area contributed by atoms with Crippen molar-refractivity contribution in [3.05, 3.63) is 29.6 Å². The number of pyridine rings is 1. The Bertz CT molecular complexity index is 434. The first-order valence-corrected chi connectivity index (χ1v) is 5.77. The summed E-state index contributed by atoms with van der Waals surface area (Å²) in [6, 6.07) is 2.22. The topological polar surface area (TPSA) is 105 Å². The van der Waals surface area contributed by atoms with Gasteiger partial charge in [-0.2, -0.15) is 0 Å². The van der Waals surface area contributed by atoms with Gasteiger partial charge in [0, 0.05) is 18.3 Å². The number of nitrogens with zero attached hydrogens (tertiary/aromatic N) is 1. The molecule has 1 rings (SSSR count). The molecular formula is C12H17N3O3. The van der Waals surface area contributed by atoms with E-state index in [1.54, 1.807) is 6.07 Å². The number of nitrogens with two attached hydrogens (primary N) is 1. The number of aliphatic carboxylic acids is 1. The molecule has 1 atom stereocenters. The van der Waals surface area contributed by atoms with E-state index in [2.05, 4.69) is 10.3 Å². The molecule has 0 radical (unpaired) electrons. The Labute approximate surface area is 105 Å². The van der Waals surface area contributed by atoms with Gasteiger partial charge in [-0.05, 0) is 18.6 Å². The van der Waals surface area contributed by atoms with Gasteiger partial charge in [-0.25, -0.2) is 4.79 Å². The van der Waals surface area contributed by atoms with E-state index in [1.165, 1.54) is 12.3 Å². The van der Waals surface area contributed by atoms with Crippen molar-refractivity contribution >= 4 is 11.9 Å². The Kier molecular flexibility index (Phi) is 5.26. The van der Waals surface area contributed by atoms with Crippen LogP contribution in [0.25, 0.3) is 0 Å². The molecule has 98 valence electrons. The molecule has 0 unspecified atom stereocenters. The first kappa shape index (κ1) is 14.1. The van der Waals surface area contributed by atoms with Gasteiger partial charge in [0.25, 0.3) is 5.91 Å². The molecule has 0 bridgehead atoms. The minimum Gasteiger partial charge on any atom is -0.480 e.